The van der Waals surface area contributed by atoms with Crippen LogP contribution in [-0.4, -0.2) is 18.0 Å². The van der Waals surface area contributed by atoms with E-state index in [0.29, 0.717) is 16.8 Å². The third-order valence-corrected chi connectivity index (χ3v) is 2.88. The van der Waals surface area contributed by atoms with Crippen LogP contribution in [0.4, 0.5) is 5.69 Å². The Hall–Kier alpha value is -2.95. The molecule has 0 saturated heterocycles. The van der Waals surface area contributed by atoms with Gasteiger partial charge in [-0.2, -0.15) is 5.10 Å². The first-order chi connectivity index (χ1) is 10.7. The highest BCUT2D eigenvalue weighted by atomic mass is 16.2. The first-order valence-corrected chi connectivity index (χ1v) is 6.99. The summed E-state index contributed by atoms with van der Waals surface area (Å²) in [6.45, 7) is 1.93. The smallest absolute Gasteiger partial charge is 0.271 e. The molecule has 2 amide bonds. The molecule has 0 saturated carbocycles. The van der Waals surface area contributed by atoms with Crippen molar-refractivity contribution in [2.45, 2.75) is 13.3 Å². The predicted octanol–water partition coefficient (Wildman–Crippen LogP) is 3.06. The fourth-order valence-electron chi connectivity index (χ4n) is 1.76. The first-order valence-electron chi connectivity index (χ1n) is 6.99. The molecule has 0 aliphatic rings. The zero-order valence-corrected chi connectivity index (χ0v) is 12.2. The van der Waals surface area contributed by atoms with E-state index in [1.165, 1.54) is 0 Å². The lowest BCUT2D eigenvalue weighted by molar-refractivity contribution is 0.0954. The highest BCUT2D eigenvalue weighted by Crippen LogP contribution is 2.11. The molecule has 2 aromatic carbocycles. The van der Waals surface area contributed by atoms with Crippen molar-refractivity contribution in [1.82, 2.24) is 5.43 Å². The van der Waals surface area contributed by atoms with Gasteiger partial charge in [0.2, 0.25) is 0 Å². The molecule has 0 aromatic heterocycles. The summed E-state index contributed by atoms with van der Waals surface area (Å²) < 4.78 is 0. The van der Waals surface area contributed by atoms with Crippen molar-refractivity contribution in [3.63, 3.8) is 0 Å². The number of hydrogen-bond acceptors (Lipinski definition) is 3. The zero-order valence-electron chi connectivity index (χ0n) is 12.2. The van der Waals surface area contributed by atoms with Gasteiger partial charge in [0.05, 0.1) is 0 Å². The van der Waals surface area contributed by atoms with Gasteiger partial charge in [0.15, 0.2) is 0 Å². The zero-order chi connectivity index (χ0) is 15.8. The van der Waals surface area contributed by atoms with Crippen molar-refractivity contribution in [3.05, 3.63) is 65.7 Å². The summed E-state index contributed by atoms with van der Waals surface area (Å²) in [6, 6.07) is 15.6. The van der Waals surface area contributed by atoms with Crippen LogP contribution in [0.3, 0.4) is 0 Å². The molecular formula is C17H17N3O2. The summed E-state index contributed by atoms with van der Waals surface area (Å²) in [5.74, 6) is -0.476. The second-order valence-corrected chi connectivity index (χ2v) is 4.56. The summed E-state index contributed by atoms with van der Waals surface area (Å²) in [6.07, 6.45) is 2.37. The molecule has 0 bridgehead atoms. The quantitative estimate of drug-likeness (QED) is 0.657. The lowest BCUT2D eigenvalue weighted by Crippen LogP contribution is -2.17. The Morgan fingerprint density at radius 1 is 0.955 bits per heavy atom. The van der Waals surface area contributed by atoms with Crippen molar-refractivity contribution in [2.24, 2.45) is 5.10 Å². The van der Waals surface area contributed by atoms with Gasteiger partial charge in [-0.05, 0) is 42.8 Å². The lowest BCUT2D eigenvalue weighted by atomic mass is 10.2. The van der Waals surface area contributed by atoms with E-state index in [9.17, 15) is 9.59 Å². The van der Waals surface area contributed by atoms with E-state index >= 15 is 0 Å². The maximum Gasteiger partial charge on any atom is 0.271 e. The lowest BCUT2D eigenvalue weighted by Gasteiger charge is -2.06. The molecule has 112 valence electrons. The Kier molecular flexibility index (Phi) is 5.43. The van der Waals surface area contributed by atoms with E-state index < -0.39 is 0 Å². The molecule has 2 N–H and O–H groups in total. The largest absolute Gasteiger partial charge is 0.322 e. The molecule has 0 aliphatic heterocycles. The Morgan fingerprint density at radius 3 is 2.23 bits per heavy atom. The van der Waals surface area contributed by atoms with Gasteiger partial charge >= 0.3 is 0 Å². The van der Waals surface area contributed by atoms with Crippen LogP contribution in [0.1, 0.15) is 34.1 Å². The Labute approximate surface area is 129 Å². The maximum atomic E-state index is 12.0. The van der Waals surface area contributed by atoms with Gasteiger partial charge < -0.3 is 5.32 Å². The monoisotopic (exact) mass is 295 g/mol. The summed E-state index contributed by atoms with van der Waals surface area (Å²) in [5.41, 5.74) is 4.12. The minimum atomic E-state index is -0.286. The Balaban J connectivity index is 1.99. The molecule has 2 rings (SSSR count). The van der Waals surface area contributed by atoms with Crippen molar-refractivity contribution >= 4 is 23.7 Å². The topological polar surface area (TPSA) is 70.6 Å². The number of nitrogens with zero attached hydrogens (tertiary/aromatic N) is 1. The van der Waals surface area contributed by atoms with E-state index in [2.05, 4.69) is 15.8 Å². The van der Waals surface area contributed by atoms with E-state index in [4.69, 9.17) is 0 Å². The van der Waals surface area contributed by atoms with Crippen molar-refractivity contribution < 1.29 is 9.59 Å². The summed E-state index contributed by atoms with van der Waals surface area (Å²) in [5, 5.41) is 6.56. The number of hydrazone groups is 1. The minimum Gasteiger partial charge on any atom is -0.322 e. The minimum absolute atomic E-state index is 0.189. The molecule has 2 aromatic rings. The second kappa shape index (κ2) is 7.73. The number of nitrogens with one attached hydrogen (secondary N) is 2. The normalized spacial score (nSPS) is 10.4. The molecule has 5 heteroatoms. The van der Waals surface area contributed by atoms with Crippen LogP contribution >= 0.6 is 0 Å². The number of hydrogen-bond donors (Lipinski definition) is 2. The third kappa shape index (κ3) is 4.28. The van der Waals surface area contributed by atoms with Gasteiger partial charge in [0.1, 0.15) is 0 Å². The molecule has 0 radical (unpaired) electrons. The van der Waals surface area contributed by atoms with E-state index in [1.54, 1.807) is 54.7 Å². The number of anilines is 1. The fraction of sp³-hybridized carbons (Fsp3) is 0.118. The van der Waals surface area contributed by atoms with Gasteiger partial charge in [-0.1, -0.05) is 25.1 Å². The average Bonchev–Trinajstić information content (AvgIpc) is 2.56. The number of rotatable bonds is 5. The molecule has 5 nitrogen and oxygen atoms in total. The van der Waals surface area contributed by atoms with Crippen LogP contribution in [0.25, 0.3) is 0 Å². The molecule has 0 aliphatic carbocycles. The van der Waals surface area contributed by atoms with Crippen LogP contribution < -0.4 is 10.7 Å². The van der Waals surface area contributed by atoms with Crippen molar-refractivity contribution in [3.8, 4) is 0 Å². The molecular weight excluding hydrogens is 278 g/mol. The van der Waals surface area contributed by atoms with E-state index in [-0.39, 0.29) is 11.8 Å². The molecule has 0 heterocycles. The molecule has 0 spiro atoms. The fourth-order valence-corrected chi connectivity index (χ4v) is 1.76. The van der Waals surface area contributed by atoms with E-state index in [0.717, 1.165) is 6.42 Å². The van der Waals surface area contributed by atoms with Crippen molar-refractivity contribution in [2.75, 3.05) is 5.32 Å². The maximum absolute atomic E-state index is 12.0. The average molecular weight is 295 g/mol. The first kappa shape index (κ1) is 15.4. The molecule has 0 unspecified atom stereocenters. The SMILES string of the molecule is CCC=NNC(=O)c1ccc(NC(=O)c2ccccc2)cc1. The standard InChI is InChI=1S/C17H17N3O2/c1-2-12-18-20-17(22)14-8-10-15(11-9-14)19-16(21)13-6-4-3-5-7-13/h3-12H,2H2,1H3,(H,19,21)(H,20,22). The van der Waals surface area contributed by atoms with E-state index in [1.807, 2.05) is 13.0 Å². The third-order valence-electron chi connectivity index (χ3n) is 2.88. The second-order valence-electron chi connectivity index (χ2n) is 4.56. The number of amides is 2. The van der Waals surface area contributed by atoms with Crippen LogP contribution in [0.2, 0.25) is 0 Å². The Morgan fingerprint density at radius 2 is 1.59 bits per heavy atom. The van der Waals surface area contributed by atoms with Crippen LogP contribution in [0.5, 0.6) is 0 Å². The summed E-state index contributed by atoms with van der Waals surface area (Å²) in [4.78, 5) is 23.8. The summed E-state index contributed by atoms with van der Waals surface area (Å²) >= 11 is 0. The van der Waals surface area contributed by atoms with Crippen molar-refractivity contribution in [1.29, 1.82) is 0 Å². The van der Waals surface area contributed by atoms with Gasteiger partial charge in [-0.15, -0.1) is 0 Å². The number of carbonyl (C=O) groups excluding carboxylic acids is 2. The molecule has 22 heavy (non-hydrogen) atoms. The Bertz CT molecular complexity index is 664. The predicted molar refractivity (Wildman–Crippen MR) is 87.1 cm³/mol. The van der Waals surface area contributed by atoms with Gasteiger partial charge in [-0.3, -0.25) is 9.59 Å². The van der Waals surface area contributed by atoms with Crippen LogP contribution in [0.15, 0.2) is 59.7 Å². The molecule has 0 atom stereocenters. The molecule has 0 fully saturated rings. The summed E-state index contributed by atoms with van der Waals surface area (Å²) in [7, 11) is 0. The number of benzene rings is 2. The van der Waals surface area contributed by atoms with Gasteiger partial charge in [-0.25, -0.2) is 5.43 Å². The van der Waals surface area contributed by atoms with Gasteiger partial charge in [0.25, 0.3) is 11.8 Å². The van der Waals surface area contributed by atoms with Crippen LogP contribution in [-0.2, 0) is 0 Å². The number of carbonyl (C=O) groups is 2. The highest BCUT2D eigenvalue weighted by Gasteiger charge is 2.07. The van der Waals surface area contributed by atoms with Crippen LogP contribution in [0, 0.1) is 0 Å². The van der Waals surface area contributed by atoms with Gasteiger partial charge in [0, 0.05) is 23.0 Å². The highest BCUT2D eigenvalue weighted by molar-refractivity contribution is 6.04.